The van der Waals surface area contributed by atoms with Crippen LogP contribution in [0.1, 0.15) is 51.5 Å². The maximum absolute atomic E-state index is 14.8. The first-order valence-electron chi connectivity index (χ1n) is 14.4. The van der Waals surface area contributed by atoms with E-state index in [9.17, 15) is 14.7 Å². The van der Waals surface area contributed by atoms with Crippen LogP contribution in [0, 0.1) is 58.7 Å². The summed E-state index contributed by atoms with van der Waals surface area (Å²) < 4.78 is 6.87. The summed E-state index contributed by atoms with van der Waals surface area (Å²) in [7, 11) is 0. The summed E-state index contributed by atoms with van der Waals surface area (Å²) >= 11 is 0. The zero-order valence-corrected chi connectivity index (χ0v) is 21.9. The van der Waals surface area contributed by atoms with E-state index < -0.39 is 17.1 Å². The normalized spacial score (nSPS) is 47.4. The topological polar surface area (TPSA) is 75.6 Å². The van der Waals surface area contributed by atoms with Gasteiger partial charge in [0.15, 0.2) is 5.78 Å². The van der Waals surface area contributed by atoms with Gasteiger partial charge in [0.1, 0.15) is 23.0 Å². The van der Waals surface area contributed by atoms with Gasteiger partial charge in [-0.05, 0) is 79.4 Å². The Balaban J connectivity index is 1.39. The molecule has 4 aliphatic carbocycles. The number of rotatable bonds is 2. The molecule has 3 saturated carbocycles. The largest absolute Gasteiger partial charge is 0.490 e. The molecule has 4 bridgehead atoms. The van der Waals surface area contributed by atoms with Gasteiger partial charge in [0.05, 0.1) is 0 Å². The molecule has 0 unspecified atom stereocenters. The van der Waals surface area contributed by atoms with Gasteiger partial charge < -0.3 is 15.2 Å². The molecule has 3 aliphatic heterocycles. The van der Waals surface area contributed by atoms with Crippen molar-refractivity contribution in [2.75, 3.05) is 0 Å². The van der Waals surface area contributed by atoms with Gasteiger partial charge in [0.2, 0.25) is 5.91 Å². The molecule has 196 valence electrons. The van der Waals surface area contributed by atoms with Crippen LogP contribution >= 0.6 is 0 Å². The molecule has 1 aromatic carbocycles. The van der Waals surface area contributed by atoms with Crippen molar-refractivity contribution in [3.8, 4) is 5.75 Å². The number of aliphatic hydroxyl groups is 1. The van der Waals surface area contributed by atoms with Crippen molar-refractivity contribution in [2.24, 2.45) is 58.7 Å². The lowest BCUT2D eigenvalue weighted by atomic mass is 9.51. The monoisotopic (exact) mass is 501 g/mol. The zero-order chi connectivity index (χ0) is 25.7. The molecule has 2 N–H and O–H groups in total. The predicted molar refractivity (Wildman–Crippen MR) is 140 cm³/mol. The minimum atomic E-state index is -1.40. The number of carbonyl (C=O) groups is 2. The maximum Gasteiger partial charge on any atom is 0.236 e. The highest BCUT2D eigenvalue weighted by Crippen LogP contribution is 2.63. The van der Waals surface area contributed by atoms with Gasteiger partial charge in [-0.1, -0.05) is 44.2 Å². The van der Waals surface area contributed by atoms with Gasteiger partial charge in [-0.15, -0.1) is 6.58 Å². The third kappa shape index (κ3) is 3.13. The van der Waals surface area contributed by atoms with E-state index >= 15 is 0 Å². The fourth-order valence-electron chi connectivity index (χ4n) is 9.51. The number of carbonyl (C=O) groups excluding carboxylic acids is 2. The standard InChI is InChI=1S/C32H39NO4/c1-4-19-7-11-22-24-15-20(17(2)3)8-12-23(24)28-27(22)26(19)29(34)31-14-13-25(31)32(36,33-30(31)35)16-18-5-9-21(37-28)10-6-18/h4-7,9-11,17,19-20,22-28,36H,1,8,12-16H2,2-3H3,(H,33,35)/t19-,20+,22-,23+,24-,25+,26-,27-,28-,31+,32+/m0/s1. The molecule has 37 heavy (non-hydrogen) atoms. The van der Waals surface area contributed by atoms with E-state index in [0.717, 1.165) is 17.7 Å². The average Bonchev–Trinajstić information content (AvgIpc) is 3.23. The highest BCUT2D eigenvalue weighted by Gasteiger charge is 2.72. The first-order valence-corrected chi connectivity index (χ1v) is 14.4. The van der Waals surface area contributed by atoms with Crippen LogP contribution in [0.3, 0.4) is 0 Å². The van der Waals surface area contributed by atoms with Gasteiger partial charge in [-0.25, -0.2) is 0 Å². The van der Waals surface area contributed by atoms with Crippen LogP contribution in [0.25, 0.3) is 0 Å². The smallest absolute Gasteiger partial charge is 0.236 e. The molecular weight excluding hydrogens is 462 g/mol. The Labute approximate surface area is 219 Å². The van der Waals surface area contributed by atoms with Gasteiger partial charge in [-0.3, -0.25) is 9.59 Å². The molecule has 5 heteroatoms. The number of amides is 1. The minimum absolute atomic E-state index is 0.000963. The summed E-state index contributed by atoms with van der Waals surface area (Å²) in [5, 5.41) is 14.6. The number of hydrogen-bond acceptors (Lipinski definition) is 4. The van der Waals surface area contributed by atoms with E-state index in [0.29, 0.717) is 42.9 Å². The number of ketones is 1. The summed E-state index contributed by atoms with van der Waals surface area (Å²) in [4.78, 5) is 28.4. The second-order valence-electron chi connectivity index (χ2n) is 13.2. The van der Waals surface area contributed by atoms with Crippen LogP contribution < -0.4 is 10.1 Å². The molecule has 1 saturated heterocycles. The second kappa shape index (κ2) is 8.05. The fraction of sp³-hybridized carbons (Fsp3) is 0.625. The number of fused-ring (bicyclic) bond motifs is 4. The van der Waals surface area contributed by atoms with Gasteiger partial charge in [0, 0.05) is 30.1 Å². The Morgan fingerprint density at radius 2 is 1.89 bits per heavy atom. The lowest BCUT2D eigenvalue weighted by molar-refractivity contribution is -0.160. The third-order valence-corrected chi connectivity index (χ3v) is 11.5. The molecule has 0 aromatic heterocycles. The summed E-state index contributed by atoms with van der Waals surface area (Å²) in [5.74, 6) is 2.11. The molecule has 7 aliphatic rings. The lowest BCUT2D eigenvalue weighted by Gasteiger charge is -2.49. The van der Waals surface area contributed by atoms with Crippen molar-refractivity contribution in [1.82, 2.24) is 5.32 Å². The fourth-order valence-corrected chi connectivity index (χ4v) is 9.51. The van der Waals surface area contributed by atoms with E-state index in [4.69, 9.17) is 4.74 Å². The highest BCUT2D eigenvalue weighted by atomic mass is 16.5. The second-order valence-corrected chi connectivity index (χ2v) is 13.2. The number of Topliss-reactive ketones (excluding diaryl/α,β-unsaturated/α-hetero) is 1. The van der Waals surface area contributed by atoms with Crippen LogP contribution in [0.4, 0.5) is 0 Å². The Bertz CT molecular complexity index is 1170. The van der Waals surface area contributed by atoms with Crippen molar-refractivity contribution < 1.29 is 19.4 Å². The lowest BCUT2D eigenvalue weighted by Crippen LogP contribution is -2.58. The molecule has 3 heterocycles. The van der Waals surface area contributed by atoms with Crippen molar-refractivity contribution in [1.29, 1.82) is 0 Å². The van der Waals surface area contributed by atoms with E-state index in [2.05, 4.69) is 37.9 Å². The Morgan fingerprint density at radius 1 is 1.11 bits per heavy atom. The molecule has 4 fully saturated rings. The predicted octanol–water partition coefficient (Wildman–Crippen LogP) is 4.70. The molecule has 1 aromatic rings. The van der Waals surface area contributed by atoms with Crippen LogP contribution in [-0.2, 0) is 16.0 Å². The molecule has 0 spiro atoms. The van der Waals surface area contributed by atoms with Crippen LogP contribution in [0.2, 0.25) is 0 Å². The Hall–Kier alpha value is -2.40. The number of nitrogens with one attached hydrogen (secondary N) is 1. The molecule has 0 radical (unpaired) electrons. The van der Waals surface area contributed by atoms with Crippen LogP contribution in [0.5, 0.6) is 5.75 Å². The van der Waals surface area contributed by atoms with E-state index in [1.54, 1.807) is 0 Å². The minimum Gasteiger partial charge on any atom is -0.490 e. The molecule has 8 rings (SSSR count). The van der Waals surface area contributed by atoms with Crippen LogP contribution in [0.15, 0.2) is 49.1 Å². The van der Waals surface area contributed by atoms with Crippen LogP contribution in [-0.4, -0.2) is 28.6 Å². The number of hydrogen-bond donors (Lipinski definition) is 2. The number of ether oxygens (including phenoxy) is 1. The molecular formula is C32H39NO4. The molecule has 1 amide bonds. The maximum atomic E-state index is 14.8. The summed E-state index contributed by atoms with van der Waals surface area (Å²) in [5.41, 5.74) is -1.61. The number of allylic oxidation sites excluding steroid dienone is 3. The van der Waals surface area contributed by atoms with E-state index in [1.165, 1.54) is 12.8 Å². The van der Waals surface area contributed by atoms with E-state index in [-0.39, 0.29) is 41.5 Å². The molecule has 5 nitrogen and oxygen atoms in total. The summed E-state index contributed by atoms with van der Waals surface area (Å²) in [6, 6.07) is 8.01. The third-order valence-electron chi connectivity index (χ3n) is 11.5. The first kappa shape index (κ1) is 23.7. The van der Waals surface area contributed by atoms with E-state index in [1.807, 2.05) is 30.3 Å². The van der Waals surface area contributed by atoms with Crippen molar-refractivity contribution in [2.45, 2.75) is 64.2 Å². The SMILES string of the molecule is C=C[C@H]1C=C[C@H]2[C@@H]3C[C@H](C(C)C)CC[C@H]3[C@@H]3Oc4ccc(cc4)C[C@]4(O)NC(=O)[C@@]5(CC[C@H]54)C(=O)[C@@H]1[C@H]23. The summed E-state index contributed by atoms with van der Waals surface area (Å²) in [6.45, 7) is 8.78. The van der Waals surface area contributed by atoms with Gasteiger partial charge >= 0.3 is 0 Å². The zero-order valence-electron chi connectivity index (χ0n) is 21.9. The van der Waals surface area contributed by atoms with Crippen molar-refractivity contribution >= 4 is 11.7 Å². The first-order chi connectivity index (χ1) is 17.8. The average molecular weight is 502 g/mol. The van der Waals surface area contributed by atoms with Gasteiger partial charge in [-0.2, -0.15) is 0 Å². The highest BCUT2D eigenvalue weighted by molar-refractivity contribution is 6.10. The molecule has 11 atom stereocenters. The Kier molecular flexibility index (Phi) is 5.16. The quantitative estimate of drug-likeness (QED) is 0.455. The van der Waals surface area contributed by atoms with Crippen molar-refractivity contribution in [3.63, 3.8) is 0 Å². The Morgan fingerprint density at radius 3 is 2.57 bits per heavy atom. The number of benzene rings is 1. The van der Waals surface area contributed by atoms with Crippen molar-refractivity contribution in [3.05, 3.63) is 54.6 Å². The summed E-state index contributed by atoms with van der Waals surface area (Å²) in [6.07, 6.45) is 11.3. The van der Waals surface area contributed by atoms with Gasteiger partial charge in [0.25, 0.3) is 0 Å².